The Kier molecular flexibility index (Phi) is 4.76. The fraction of sp³-hybridized carbons (Fsp3) is 0.308. The summed E-state index contributed by atoms with van der Waals surface area (Å²) in [6.07, 6.45) is 0.338. The predicted molar refractivity (Wildman–Crippen MR) is 77.2 cm³/mol. The average molecular weight is 268 g/mol. The highest BCUT2D eigenvalue weighted by atomic mass is 35.5. The summed E-state index contributed by atoms with van der Waals surface area (Å²) >= 11 is 0. The third-order valence-electron chi connectivity index (χ3n) is 2.55. The number of H-pyrrole nitrogens is 1. The van der Waals surface area contributed by atoms with Crippen LogP contribution in [0.2, 0.25) is 0 Å². The van der Waals surface area contributed by atoms with Crippen molar-refractivity contribution in [2.75, 3.05) is 5.32 Å². The van der Waals surface area contributed by atoms with Gasteiger partial charge in [-0.15, -0.1) is 12.4 Å². The first kappa shape index (κ1) is 14.5. The number of amides is 1. The van der Waals surface area contributed by atoms with E-state index in [0.717, 1.165) is 22.3 Å². The number of nitrogens with two attached hydrogens (primary N) is 1. The lowest BCUT2D eigenvalue weighted by molar-refractivity contribution is -0.116. The van der Waals surface area contributed by atoms with Crippen LogP contribution in [0.15, 0.2) is 24.3 Å². The number of rotatable bonds is 3. The Morgan fingerprint density at radius 3 is 2.83 bits per heavy atom. The lowest BCUT2D eigenvalue weighted by Gasteiger charge is -2.07. The summed E-state index contributed by atoms with van der Waals surface area (Å²) in [5.41, 5.74) is 8.57. The fourth-order valence-corrected chi connectivity index (χ4v) is 1.86. The first-order valence-corrected chi connectivity index (χ1v) is 5.69. The van der Waals surface area contributed by atoms with E-state index in [1.54, 1.807) is 0 Å². The molecule has 0 bridgehead atoms. The van der Waals surface area contributed by atoms with E-state index in [0.29, 0.717) is 6.42 Å². The number of benzene rings is 1. The van der Waals surface area contributed by atoms with Crippen LogP contribution in [0.1, 0.15) is 19.0 Å². The first-order valence-electron chi connectivity index (χ1n) is 5.69. The second-order valence-electron chi connectivity index (χ2n) is 4.48. The molecule has 1 aromatic heterocycles. The minimum Gasteiger partial charge on any atom is -0.359 e. The van der Waals surface area contributed by atoms with Crippen LogP contribution in [-0.4, -0.2) is 16.9 Å². The van der Waals surface area contributed by atoms with Crippen molar-refractivity contribution < 1.29 is 4.79 Å². The molecule has 0 aliphatic carbocycles. The number of nitrogens with one attached hydrogen (secondary N) is 2. The van der Waals surface area contributed by atoms with Crippen LogP contribution in [0, 0.1) is 6.92 Å². The molecule has 0 fully saturated rings. The Morgan fingerprint density at radius 2 is 2.17 bits per heavy atom. The maximum Gasteiger partial charge on any atom is 0.225 e. The highest BCUT2D eigenvalue weighted by molar-refractivity contribution is 5.94. The first-order chi connectivity index (χ1) is 8.04. The van der Waals surface area contributed by atoms with Crippen LogP contribution < -0.4 is 11.1 Å². The molecule has 1 aromatic carbocycles. The highest BCUT2D eigenvalue weighted by Gasteiger charge is 2.06. The molecule has 1 heterocycles. The molecule has 5 heteroatoms. The summed E-state index contributed by atoms with van der Waals surface area (Å²) in [7, 11) is 0. The van der Waals surface area contributed by atoms with Crippen LogP contribution in [0.25, 0.3) is 10.9 Å². The highest BCUT2D eigenvalue weighted by Crippen LogP contribution is 2.19. The Morgan fingerprint density at radius 1 is 1.44 bits per heavy atom. The molecule has 2 aromatic rings. The number of aryl methyl sites for hydroxylation is 1. The Hall–Kier alpha value is -1.52. The van der Waals surface area contributed by atoms with Crippen molar-refractivity contribution in [3.05, 3.63) is 30.0 Å². The molecule has 0 radical (unpaired) electrons. The van der Waals surface area contributed by atoms with Crippen molar-refractivity contribution in [2.24, 2.45) is 5.73 Å². The Balaban J connectivity index is 0.00000162. The summed E-state index contributed by atoms with van der Waals surface area (Å²) in [6.45, 7) is 3.83. The zero-order valence-electron chi connectivity index (χ0n) is 10.5. The van der Waals surface area contributed by atoms with Crippen molar-refractivity contribution in [3.63, 3.8) is 0 Å². The van der Waals surface area contributed by atoms with Gasteiger partial charge in [0, 0.05) is 34.7 Å². The SMILES string of the molecule is Cc1cc2cc(NC(=O)CC(C)N)ccc2[nH]1.Cl. The molecule has 4 nitrogen and oxygen atoms in total. The van der Waals surface area contributed by atoms with Crippen molar-refractivity contribution in [3.8, 4) is 0 Å². The number of anilines is 1. The van der Waals surface area contributed by atoms with Crippen molar-refractivity contribution in [2.45, 2.75) is 26.3 Å². The standard InChI is InChI=1S/C13H17N3O.ClH/c1-8(14)5-13(17)16-11-3-4-12-10(7-11)6-9(2)15-12;/h3-4,6-8,15H,5,14H2,1-2H3,(H,16,17);1H. The quantitative estimate of drug-likeness (QED) is 0.800. The van der Waals surface area contributed by atoms with Gasteiger partial charge in [0.2, 0.25) is 5.91 Å². The Labute approximate surface area is 112 Å². The minimum atomic E-state index is -0.117. The molecule has 1 unspecified atom stereocenters. The number of carbonyl (C=O) groups is 1. The number of halogens is 1. The molecule has 18 heavy (non-hydrogen) atoms. The molecule has 0 saturated heterocycles. The smallest absolute Gasteiger partial charge is 0.225 e. The number of hydrogen-bond acceptors (Lipinski definition) is 2. The lowest BCUT2D eigenvalue weighted by Crippen LogP contribution is -2.23. The number of aromatic amines is 1. The van der Waals surface area contributed by atoms with Crippen molar-refractivity contribution in [1.82, 2.24) is 4.98 Å². The van der Waals surface area contributed by atoms with E-state index in [2.05, 4.69) is 16.4 Å². The number of hydrogen-bond donors (Lipinski definition) is 3. The maximum atomic E-state index is 11.6. The molecule has 0 aliphatic rings. The van der Waals surface area contributed by atoms with Gasteiger partial charge in [-0.3, -0.25) is 4.79 Å². The zero-order chi connectivity index (χ0) is 12.4. The maximum absolute atomic E-state index is 11.6. The largest absolute Gasteiger partial charge is 0.359 e. The molecular weight excluding hydrogens is 250 g/mol. The third-order valence-corrected chi connectivity index (χ3v) is 2.55. The summed E-state index contributed by atoms with van der Waals surface area (Å²) in [6, 6.07) is 7.74. The van der Waals surface area contributed by atoms with Gasteiger partial charge in [-0.1, -0.05) is 0 Å². The predicted octanol–water partition coefficient (Wildman–Crippen LogP) is 2.57. The van der Waals surface area contributed by atoms with E-state index < -0.39 is 0 Å². The van der Waals surface area contributed by atoms with Crippen LogP contribution in [0.4, 0.5) is 5.69 Å². The molecule has 98 valence electrons. The fourth-order valence-electron chi connectivity index (χ4n) is 1.86. The second kappa shape index (κ2) is 5.89. The number of fused-ring (bicyclic) bond motifs is 1. The van der Waals surface area contributed by atoms with Crippen LogP contribution in [0.5, 0.6) is 0 Å². The van der Waals surface area contributed by atoms with E-state index in [1.165, 1.54) is 0 Å². The molecule has 4 N–H and O–H groups in total. The van der Waals surface area contributed by atoms with Crippen LogP contribution in [0.3, 0.4) is 0 Å². The second-order valence-corrected chi connectivity index (χ2v) is 4.48. The van der Waals surface area contributed by atoms with Gasteiger partial charge in [0.05, 0.1) is 0 Å². The van der Waals surface area contributed by atoms with E-state index >= 15 is 0 Å². The summed E-state index contributed by atoms with van der Waals surface area (Å²) in [5, 5.41) is 3.94. The topological polar surface area (TPSA) is 70.9 Å². The van der Waals surface area contributed by atoms with Gasteiger partial charge >= 0.3 is 0 Å². The van der Waals surface area contributed by atoms with Gasteiger partial charge in [0.1, 0.15) is 0 Å². The van der Waals surface area contributed by atoms with Gasteiger partial charge in [-0.2, -0.15) is 0 Å². The third kappa shape index (κ3) is 3.48. The molecule has 0 spiro atoms. The molecule has 0 aliphatic heterocycles. The van der Waals surface area contributed by atoms with Crippen LogP contribution in [-0.2, 0) is 4.79 Å². The van der Waals surface area contributed by atoms with Gasteiger partial charge in [-0.25, -0.2) is 0 Å². The Bertz CT molecular complexity index is 548. The van der Waals surface area contributed by atoms with E-state index in [1.807, 2.05) is 32.0 Å². The van der Waals surface area contributed by atoms with Crippen molar-refractivity contribution >= 4 is 34.9 Å². The number of carbonyl (C=O) groups excluding carboxylic acids is 1. The molecule has 1 atom stereocenters. The van der Waals surface area contributed by atoms with Gasteiger partial charge in [0.25, 0.3) is 0 Å². The van der Waals surface area contributed by atoms with Gasteiger partial charge in [-0.05, 0) is 38.1 Å². The lowest BCUT2D eigenvalue weighted by atomic mass is 10.2. The minimum absolute atomic E-state index is 0. The van der Waals surface area contributed by atoms with Crippen LogP contribution >= 0.6 is 12.4 Å². The van der Waals surface area contributed by atoms with E-state index in [-0.39, 0.29) is 24.4 Å². The number of aromatic nitrogens is 1. The van der Waals surface area contributed by atoms with Crippen molar-refractivity contribution in [1.29, 1.82) is 0 Å². The van der Waals surface area contributed by atoms with E-state index in [4.69, 9.17) is 5.73 Å². The summed E-state index contributed by atoms with van der Waals surface area (Å²) < 4.78 is 0. The zero-order valence-corrected chi connectivity index (χ0v) is 11.3. The monoisotopic (exact) mass is 267 g/mol. The normalized spacial score (nSPS) is 11.9. The average Bonchev–Trinajstić information content (AvgIpc) is 2.55. The van der Waals surface area contributed by atoms with E-state index in [9.17, 15) is 4.79 Å². The van der Waals surface area contributed by atoms with Gasteiger partial charge < -0.3 is 16.0 Å². The molecule has 2 rings (SSSR count). The summed E-state index contributed by atoms with van der Waals surface area (Å²) in [4.78, 5) is 14.8. The molecule has 1 amide bonds. The molecular formula is C13H18ClN3O. The summed E-state index contributed by atoms with van der Waals surface area (Å²) in [5.74, 6) is -0.0494. The molecule has 0 saturated carbocycles. The van der Waals surface area contributed by atoms with Gasteiger partial charge in [0.15, 0.2) is 0 Å².